The Hall–Kier alpha value is -0.340. The van der Waals surface area contributed by atoms with Crippen molar-refractivity contribution >= 4 is 36.9 Å². The summed E-state index contributed by atoms with van der Waals surface area (Å²) < 4.78 is 26.7. The van der Waals surface area contributed by atoms with Gasteiger partial charge in [-0.15, -0.1) is 0 Å². The molecule has 0 aliphatic rings. The van der Waals surface area contributed by atoms with Crippen LogP contribution in [-0.4, -0.2) is 34.7 Å². The maximum Gasteiger partial charge on any atom is 0.256 e. The highest BCUT2D eigenvalue weighted by Crippen LogP contribution is 2.22. The van der Waals surface area contributed by atoms with Gasteiger partial charge in [0, 0.05) is 11.5 Å². The summed E-state index contributed by atoms with van der Waals surface area (Å²) in [5.41, 5.74) is 6.92. The maximum absolute atomic E-state index is 13.5. The van der Waals surface area contributed by atoms with Crippen LogP contribution in [0, 0.1) is 0 Å². The van der Waals surface area contributed by atoms with E-state index in [-0.39, 0.29) is 0 Å². The first kappa shape index (κ1) is 14.7. The summed E-state index contributed by atoms with van der Waals surface area (Å²) >= 11 is 7.02. The number of hydrogen-bond acceptors (Lipinski definition) is 5. The number of primary amides is 1. The Bertz CT molecular complexity index is 276. The van der Waals surface area contributed by atoms with E-state index in [1.807, 2.05) is 0 Å². The molecule has 88 valence electrons. The quantitative estimate of drug-likeness (QED) is 0.387. The molecule has 4 nitrogen and oxygen atoms in total. The van der Waals surface area contributed by atoms with Gasteiger partial charge < -0.3 is 5.73 Å². The minimum Gasteiger partial charge on any atom is -0.367 e. The normalized spacial score (nSPS) is 19.0. The number of carbonyl (C=O) groups is 2. The van der Waals surface area contributed by atoms with Crippen molar-refractivity contribution in [2.75, 3.05) is 11.5 Å². The Kier molecular flexibility index (Phi) is 5.01. The monoisotopic (exact) mass is 258 g/mol. The number of Topliss-reactive ketones (excluding diaryl/α,β-unsaturated/α-hetero) is 1. The van der Waals surface area contributed by atoms with Crippen molar-refractivity contribution in [2.24, 2.45) is 11.5 Å². The van der Waals surface area contributed by atoms with Gasteiger partial charge in [-0.1, -0.05) is 0 Å². The first-order valence-electron chi connectivity index (χ1n) is 3.91. The summed E-state index contributed by atoms with van der Waals surface area (Å²) in [6.45, 7) is 0. The average molecular weight is 258 g/mol. The van der Waals surface area contributed by atoms with Gasteiger partial charge in [-0.2, -0.15) is 25.3 Å². The van der Waals surface area contributed by atoms with Gasteiger partial charge in [-0.25, -0.2) is 8.78 Å². The van der Waals surface area contributed by atoms with Crippen LogP contribution in [0.15, 0.2) is 0 Å². The predicted octanol–water partition coefficient (Wildman–Crippen LogP) is -0.377. The van der Waals surface area contributed by atoms with Crippen molar-refractivity contribution in [3.05, 3.63) is 0 Å². The summed E-state index contributed by atoms with van der Waals surface area (Å²) in [6.07, 6.45) is -1.04. The number of hydrogen-bond donors (Lipinski definition) is 4. The molecule has 15 heavy (non-hydrogen) atoms. The Morgan fingerprint density at radius 2 is 1.67 bits per heavy atom. The van der Waals surface area contributed by atoms with Crippen molar-refractivity contribution in [2.45, 2.75) is 17.9 Å². The van der Waals surface area contributed by atoms with E-state index < -0.39 is 41.1 Å². The molecule has 4 N–H and O–H groups in total. The minimum atomic E-state index is -2.77. The van der Waals surface area contributed by atoms with E-state index >= 15 is 0 Å². The van der Waals surface area contributed by atoms with E-state index in [2.05, 4.69) is 25.3 Å². The van der Waals surface area contributed by atoms with E-state index in [1.54, 1.807) is 0 Å². The molecule has 0 rings (SSSR count). The molecule has 0 aromatic carbocycles. The zero-order valence-electron chi connectivity index (χ0n) is 7.74. The molecule has 0 unspecified atom stereocenters. The predicted molar refractivity (Wildman–Crippen MR) is 58.4 cm³/mol. The second-order valence-corrected chi connectivity index (χ2v) is 3.74. The third-order valence-electron chi connectivity index (χ3n) is 1.83. The molecule has 0 fully saturated rings. The molecule has 0 spiro atoms. The van der Waals surface area contributed by atoms with Gasteiger partial charge in [0.2, 0.25) is 11.5 Å². The van der Waals surface area contributed by atoms with Crippen molar-refractivity contribution in [1.29, 1.82) is 0 Å². The number of thiol groups is 2. The van der Waals surface area contributed by atoms with Crippen molar-refractivity contribution in [3.8, 4) is 0 Å². The van der Waals surface area contributed by atoms with Crippen LogP contribution < -0.4 is 11.5 Å². The molecule has 0 saturated carbocycles. The number of nitrogens with two attached hydrogens (primary N) is 2. The fourth-order valence-electron chi connectivity index (χ4n) is 0.711. The summed E-state index contributed by atoms with van der Waals surface area (Å²) in [4.78, 5) is 21.8. The third kappa shape index (κ3) is 3.62. The van der Waals surface area contributed by atoms with Crippen molar-refractivity contribution in [1.82, 2.24) is 0 Å². The largest absolute Gasteiger partial charge is 0.367 e. The highest BCUT2D eigenvalue weighted by Gasteiger charge is 2.43. The maximum atomic E-state index is 13.5. The molecule has 1 amide bonds. The van der Waals surface area contributed by atoms with Crippen molar-refractivity contribution in [3.63, 3.8) is 0 Å². The molecule has 8 heteroatoms. The number of carbonyl (C=O) groups excluding carboxylic acids is 2. The first-order chi connectivity index (χ1) is 6.69. The number of alkyl halides is 2. The fourth-order valence-corrected chi connectivity index (χ4v) is 1.15. The molecular weight excluding hydrogens is 246 g/mol. The molecule has 0 aromatic rings. The van der Waals surface area contributed by atoms with E-state index in [0.29, 0.717) is 0 Å². The van der Waals surface area contributed by atoms with Crippen LogP contribution in [-0.2, 0) is 9.59 Å². The second kappa shape index (κ2) is 5.13. The lowest BCUT2D eigenvalue weighted by Gasteiger charge is -2.22. The van der Waals surface area contributed by atoms with Gasteiger partial charge >= 0.3 is 0 Å². The van der Waals surface area contributed by atoms with Gasteiger partial charge in [0.25, 0.3) is 5.91 Å². The Morgan fingerprint density at radius 3 is 1.93 bits per heavy atom. The highest BCUT2D eigenvalue weighted by atomic mass is 32.1. The topological polar surface area (TPSA) is 86.2 Å². The van der Waals surface area contributed by atoms with Crippen LogP contribution in [0.1, 0.15) is 6.42 Å². The number of rotatable bonds is 6. The van der Waals surface area contributed by atoms with Gasteiger partial charge in [0.1, 0.15) is 0 Å². The molecule has 0 aliphatic carbocycles. The second-order valence-electron chi connectivity index (χ2n) is 3.11. The minimum absolute atomic E-state index is 0.604. The van der Waals surface area contributed by atoms with Gasteiger partial charge in [-0.3, -0.25) is 15.3 Å². The van der Waals surface area contributed by atoms with Crippen molar-refractivity contribution < 1.29 is 18.4 Å². The van der Waals surface area contributed by atoms with Crippen LogP contribution in [0.5, 0.6) is 0 Å². The zero-order chi connectivity index (χ0) is 12.3. The smallest absolute Gasteiger partial charge is 0.256 e. The summed E-state index contributed by atoms with van der Waals surface area (Å²) in [7, 11) is 0. The van der Waals surface area contributed by atoms with E-state index in [9.17, 15) is 18.4 Å². The number of ketones is 1. The lowest BCUT2D eigenvalue weighted by molar-refractivity contribution is -0.138. The molecule has 0 heterocycles. The summed E-state index contributed by atoms with van der Waals surface area (Å²) in [5, 5.41) is 0. The zero-order valence-corrected chi connectivity index (χ0v) is 9.53. The molecule has 0 aliphatic heterocycles. The molecule has 0 aromatic heterocycles. The van der Waals surface area contributed by atoms with Gasteiger partial charge in [0.05, 0.1) is 6.42 Å². The van der Waals surface area contributed by atoms with Crippen LogP contribution in [0.3, 0.4) is 0 Å². The average Bonchev–Trinajstić information content (AvgIpc) is 2.17. The lowest BCUT2D eigenvalue weighted by atomic mass is 9.96. The van der Waals surface area contributed by atoms with Gasteiger partial charge in [0.15, 0.2) is 5.78 Å². The summed E-state index contributed by atoms with van der Waals surface area (Å²) in [5.74, 6) is -6.63. The lowest BCUT2D eigenvalue weighted by Crippen LogP contribution is -2.51. The first-order valence-corrected chi connectivity index (χ1v) is 5.18. The van der Waals surface area contributed by atoms with Crippen LogP contribution >= 0.6 is 25.3 Å². The van der Waals surface area contributed by atoms with Crippen LogP contribution in [0.4, 0.5) is 8.78 Å². The fraction of sp³-hybridized carbons (Fsp3) is 0.714. The summed E-state index contributed by atoms with van der Waals surface area (Å²) in [6, 6.07) is 0. The van der Waals surface area contributed by atoms with Crippen LogP contribution in [0.2, 0.25) is 0 Å². The van der Waals surface area contributed by atoms with E-state index in [1.165, 1.54) is 0 Å². The molecular formula is C7H12F2N2O2S2. The Balaban J connectivity index is 4.72. The number of amides is 1. The third-order valence-corrected chi connectivity index (χ3v) is 2.79. The molecule has 0 bridgehead atoms. The highest BCUT2D eigenvalue weighted by molar-refractivity contribution is 7.80. The Labute approximate surface area is 96.6 Å². The molecule has 0 saturated heterocycles. The molecule has 0 radical (unpaired) electrons. The standard InChI is InChI=1S/C7H12F2N2O2S2/c8-6(2-14,5(10)13)1-4(12)7(9,11)3-15/h14-15H,1-3,11H2,(H2,10,13)/t6-,7-/m1/s1. The van der Waals surface area contributed by atoms with Gasteiger partial charge in [-0.05, 0) is 0 Å². The van der Waals surface area contributed by atoms with E-state index in [4.69, 9.17) is 11.5 Å². The Morgan fingerprint density at radius 1 is 1.20 bits per heavy atom. The van der Waals surface area contributed by atoms with E-state index in [0.717, 1.165) is 0 Å². The molecule has 2 atom stereocenters. The SMILES string of the molecule is NC(=O)[C@](F)(CS)CC(=O)[C@@](N)(F)CS. The van der Waals surface area contributed by atoms with Crippen LogP contribution in [0.25, 0.3) is 0 Å². The number of halogens is 2.